The highest BCUT2D eigenvalue weighted by Gasteiger charge is 2.24. The first kappa shape index (κ1) is 26.9. The zero-order valence-corrected chi connectivity index (χ0v) is 23.4. The molecule has 0 bridgehead atoms. The quantitative estimate of drug-likeness (QED) is 0.204. The zero-order valence-electron chi connectivity index (χ0n) is 21.0. The van der Waals surface area contributed by atoms with Crippen molar-refractivity contribution in [1.82, 2.24) is 19.3 Å². The van der Waals surface area contributed by atoms with Crippen molar-refractivity contribution >= 4 is 63.7 Å². The molecule has 13 heteroatoms. The van der Waals surface area contributed by atoms with E-state index in [1.54, 1.807) is 16.1 Å². The number of aromatic nitrogens is 3. The molecule has 3 aromatic heterocycles. The summed E-state index contributed by atoms with van der Waals surface area (Å²) in [5, 5.41) is 10.0. The number of fused-ring (bicyclic) bond motifs is 1. The Morgan fingerprint density at radius 1 is 1.10 bits per heavy atom. The van der Waals surface area contributed by atoms with E-state index in [-0.39, 0.29) is 16.3 Å². The Hall–Kier alpha value is -3.71. The van der Waals surface area contributed by atoms with Crippen molar-refractivity contribution in [2.24, 2.45) is 0 Å². The summed E-state index contributed by atoms with van der Waals surface area (Å²) in [5.74, 6) is 0.0515. The van der Waals surface area contributed by atoms with Crippen LogP contribution in [0.1, 0.15) is 20.8 Å². The lowest BCUT2D eigenvalue weighted by atomic mass is 10.0. The molecule has 5 aromatic rings. The van der Waals surface area contributed by atoms with Gasteiger partial charge in [-0.25, -0.2) is 22.9 Å². The number of sulfonamides is 1. The van der Waals surface area contributed by atoms with Crippen LogP contribution in [-0.4, -0.2) is 43.9 Å². The van der Waals surface area contributed by atoms with E-state index in [1.165, 1.54) is 13.2 Å². The van der Waals surface area contributed by atoms with Crippen molar-refractivity contribution in [3.05, 3.63) is 93.3 Å². The third kappa shape index (κ3) is 5.69. The predicted molar refractivity (Wildman–Crippen MR) is 155 cm³/mol. The largest absolute Gasteiger partial charge is 0.465 e. The van der Waals surface area contributed by atoms with Gasteiger partial charge in [0.25, 0.3) is 0 Å². The number of halogens is 1. The molecule has 0 spiro atoms. The van der Waals surface area contributed by atoms with Crippen LogP contribution in [0.3, 0.4) is 0 Å². The first-order chi connectivity index (χ1) is 18.8. The van der Waals surface area contributed by atoms with E-state index in [2.05, 4.69) is 15.1 Å². The second-order valence-electron chi connectivity index (χ2n) is 8.67. The molecule has 9 nitrogen and oxygen atoms in total. The van der Waals surface area contributed by atoms with Crippen molar-refractivity contribution in [3.63, 3.8) is 0 Å². The Morgan fingerprint density at radius 2 is 1.87 bits per heavy atom. The van der Waals surface area contributed by atoms with Gasteiger partial charge in [0.15, 0.2) is 5.65 Å². The Labute approximate surface area is 235 Å². The minimum Gasteiger partial charge on any atom is -0.465 e. The average molecular weight is 580 g/mol. The molecule has 39 heavy (non-hydrogen) atoms. The highest BCUT2D eigenvalue weighted by atomic mass is 35.5. The molecule has 0 radical (unpaired) electrons. The second kappa shape index (κ2) is 11.2. The van der Waals surface area contributed by atoms with E-state index >= 15 is 0 Å². The van der Waals surface area contributed by atoms with Gasteiger partial charge in [-0.3, -0.25) is 0 Å². The SMILES string of the molecule is Bc1cnn2c(NCc3cccc(CNS(=O)(=O)c4ccsc4C(=O)OC)c3)cc(-c3ccccc3Cl)nc12. The van der Waals surface area contributed by atoms with Gasteiger partial charge in [-0.05, 0) is 34.1 Å². The van der Waals surface area contributed by atoms with E-state index in [9.17, 15) is 13.2 Å². The lowest BCUT2D eigenvalue weighted by Crippen LogP contribution is -2.24. The highest BCUT2D eigenvalue weighted by molar-refractivity contribution is 7.89. The van der Waals surface area contributed by atoms with Crippen molar-refractivity contribution in [2.75, 3.05) is 12.4 Å². The zero-order chi connectivity index (χ0) is 27.6. The van der Waals surface area contributed by atoms with Crippen LogP contribution < -0.4 is 15.5 Å². The second-order valence-corrected chi connectivity index (χ2v) is 11.7. The van der Waals surface area contributed by atoms with Crippen LogP contribution in [0.4, 0.5) is 5.82 Å². The van der Waals surface area contributed by atoms with Gasteiger partial charge >= 0.3 is 5.97 Å². The molecule has 0 atom stereocenters. The maximum Gasteiger partial charge on any atom is 0.349 e. The normalized spacial score (nSPS) is 11.5. The summed E-state index contributed by atoms with van der Waals surface area (Å²) < 4.78 is 34.7. The first-order valence-electron chi connectivity index (χ1n) is 11.8. The topological polar surface area (TPSA) is 115 Å². The van der Waals surface area contributed by atoms with Gasteiger partial charge in [0, 0.05) is 35.9 Å². The summed E-state index contributed by atoms with van der Waals surface area (Å²) in [6.45, 7) is 0.513. The Bertz CT molecular complexity index is 1790. The van der Waals surface area contributed by atoms with Crippen LogP contribution in [0.2, 0.25) is 5.02 Å². The van der Waals surface area contributed by atoms with E-state index in [4.69, 9.17) is 21.3 Å². The number of anilines is 1. The van der Waals surface area contributed by atoms with Crippen molar-refractivity contribution in [2.45, 2.75) is 18.0 Å². The summed E-state index contributed by atoms with van der Waals surface area (Å²) in [6.07, 6.45) is 1.76. The van der Waals surface area contributed by atoms with Crippen molar-refractivity contribution in [3.8, 4) is 11.3 Å². The molecular weight excluding hydrogens is 557 g/mol. The molecule has 198 valence electrons. The fraction of sp³-hybridized carbons (Fsp3) is 0.115. The monoisotopic (exact) mass is 579 g/mol. The van der Waals surface area contributed by atoms with Crippen molar-refractivity contribution in [1.29, 1.82) is 0 Å². The van der Waals surface area contributed by atoms with Crippen LogP contribution in [0.25, 0.3) is 16.9 Å². The van der Waals surface area contributed by atoms with Crippen LogP contribution >= 0.6 is 22.9 Å². The lowest BCUT2D eigenvalue weighted by molar-refractivity contribution is 0.0602. The maximum absolute atomic E-state index is 12.9. The van der Waals surface area contributed by atoms with Gasteiger partial charge in [0.05, 0.1) is 12.8 Å². The highest BCUT2D eigenvalue weighted by Crippen LogP contribution is 2.28. The summed E-state index contributed by atoms with van der Waals surface area (Å²) in [5.41, 5.74) is 4.90. The van der Waals surface area contributed by atoms with Crippen LogP contribution in [0.5, 0.6) is 0 Å². The number of carbonyl (C=O) groups excluding carboxylic acids is 1. The number of rotatable bonds is 9. The third-order valence-corrected chi connectivity index (χ3v) is 8.82. The number of carbonyl (C=O) groups is 1. The molecular formula is C26H23BClN5O4S2. The van der Waals surface area contributed by atoms with Crippen LogP contribution in [-0.2, 0) is 27.8 Å². The number of thiophene rings is 1. The average Bonchev–Trinajstić information content (AvgIpc) is 3.59. The van der Waals surface area contributed by atoms with E-state index in [1.807, 2.05) is 62.4 Å². The standard InChI is InChI=1S/C26H23BClN5O4S2/c1-37-26(34)24-22(9-10-38-24)39(35,36)31-14-17-6-4-5-16(11-17)13-29-23-12-21(18-7-2-3-8-20(18)28)32-25-19(27)15-30-33(23)25/h2-12,15,29,31H,13-14,27H2,1H3. The van der Waals surface area contributed by atoms with E-state index in [0.29, 0.717) is 11.6 Å². The van der Waals surface area contributed by atoms with Gasteiger partial charge in [0.2, 0.25) is 10.0 Å². The fourth-order valence-corrected chi connectivity index (χ4v) is 6.64. The van der Waals surface area contributed by atoms with Gasteiger partial charge in [-0.15, -0.1) is 11.3 Å². The molecule has 0 aliphatic carbocycles. The predicted octanol–water partition coefficient (Wildman–Crippen LogP) is 3.25. The molecule has 0 saturated carbocycles. The number of nitrogens with one attached hydrogen (secondary N) is 2. The third-order valence-electron chi connectivity index (χ3n) is 6.02. The number of hydrogen-bond acceptors (Lipinski definition) is 8. The number of ether oxygens (including phenoxy) is 1. The summed E-state index contributed by atoms with van der Waals surface area (Å²) >= 11 is 7.46. The number of benzene rings is 2. The summed E-state index contributed by atoms with van der Waals surface area (Å²) in [7, 11) is -0.747. The Kier molecular flexibility index (Phi) is 7.71. The smallest absolute Gasteiger partial charge is 0.349 e. The van der Waals surface area contributed by atoms with Crippen LogP contribution in [0, 0.1) is 0 Å². The van der Waals surface area contributed by atoms with E-state index < -0.39 is 16.0 Å². The lowest BCUT2D eigenvalue weighted by Gasteiger charge is -2.13. The molecule has 0 saturated heterocycles. The Balaban J connectivity index is 1.34. The molecule has 0 aliphatic rings. The first-order valence-corrected chi connectivity index (χ1v) is 14.6. The maximum atomic E-state index is 12.9. The molecule has 0 amide bonds. The van der Waals surface area contributed by atoms with Crippen molar-refractivity contribution < 1.29 is 17.9 Å². The minimum atomic E-state index is -3.91. The molecule has 5 rings (SSSR count). The van der Waals surface area contributed by atoms with Gasteiger partial charge < -0.3 is 10.1 Å². The molecule has 3 heterocycles. The Morgan fingerprint density at radius 3 is 2.64 bits per heavy atom. The van der Waals surface area contributed by atoms with Gasteiger partial charge in [0.1, 0.15) is 23.4 Å². The molecule has 0 aliphatic heterocycles. The number of hydrogen-bond donors (Lipinski definition) is 2. The van der Waals surface area contributed by atoms with Crippen LogP contribution in [0.15, 0.2) is 77.1 Å². The molecule has 0 unspecified atom stereocenters. The molecule has 0 fully saturated rings. The number of nitrogens with zero attached hydrogens (tertiary/aromatic N) is 3. The fourth-order valence-electron chi connectivity index (χ4n) is 4.05. The minimum absolute atomic E-state index is 0.0385. The molecule has 2 N–H and O–H groups in total. The van der Waals surface area contributed by atoms with Gasteiger partial charge in [-0.2, -0.15) is 9.61 Å². The summed E-state index contributed by atoms with van der Waals surface area (Å²) in [4.78, 5) is 16.6. The van der Waals surface area contributed by atoms with Gasteiger partial charge in [-0.1, -0.05) is 54.1 Å². The van der Waals surface area contributed by atoms with E-state index in [0.717, 1.165) is 50.6 Å². The summed E-state index contributed by atoms with van der Waals surface area (Å²) in [6, 6.07) is 18.4. The number of methoxy groups -OCH3 is 1. The number of esters is 1. The molecule has 2 aromatic carbocycles.